The number of hydrogen-bond donors (Lipinski definition) is 2. The Bertz CT molecular complexity index is 735. The van der Waals surface area contributed by atoms with E-state index < -0.39 is 0 Å². The summed E-state index contributed by atoms with van der Waals surface area (Å²) in [5, 5.41) is 0.651. The molecule has 0 fully saturated rings. The van der Waals surface area contributed by atoms with Crippen LogP contribution in [0.1, 0.15) is 10.4 Å². The highest BCUT2D eigenvalue weighted by molar-refractivity contribution is 7.22. The molecule has 0 saturated carbocycles. The number of nitrogens with one attached hydrogen (secondary N) is 2. The highest BCUT2D eigenvalue weighted by Gasteiger charge is 2.07. The van der Waals surface area contributed by atoms with Gasteiger partial charge in [-0.25, -0.2) is 4.98 Å². The van der Waals surface area contributed by atoms with Crippen molar-refractivity contribution in [1.82, 2.24) is 10.4 Å². The fraction of sp³-hybridized carbons (Fsp3) is 0.0667. The molecule has 1 aromatic heterocycles. The molecule has 3 aromatic rings. The van der Waals surface area contributed by atoms with Crippen LogP contribution < -0.4 is 15.6 Å². The van der Waals surface area contributed by atoms with E-state index in [0.717, 1.165) is 10.2 Å². The molecule has 0 unspecified atom stereocenters. The summed E-state index contributed by atoms with van der Waals surface area (Å²) < 4.78 is 6.12. The Hall–Kier alpha value is -2.60. The van der Waals surface area contributed by atoms with Gasteiger partial charge in [0.2, 0.25) is 5.13 Å². The first kappa shape index (κ1) is 13.4. The normalized spacial score (nSPS) is 10.3. The predicted molar refractivity (Wildman–Crippen MR) is 83.7 cm³/mol. The van der Waals surface area contributed by atoms with Crippen molar-refractivity contribution in [3.63, 3.8) is 0 Å². The molecule has 0 aliphatic rings. The number of methoxy groups -OCH3 is 1. The van der Waals surface area contributed by atoms with Gasteiger partial charge in [0.1, 0.15) is 5.75 Å². The summed E-state index contributed by atoms with van der Waals surface area (Å²) >= 11 is 1.48. The molecular formula is C15H13N3O2S. The molecule has 0 radical (unpaired) electrons. The topological polar surface area (TPSA) is 63.2 Å². The van der Waals surface area contributed by atoms with Crippen molar-refractivity contribution >= 4 is 32.6 Å². The molecule has 3 rings (SSSR count). The Kier molecular flexibility index (Phi) is 3.70. The zero-order chi connectivity index (χ0) is 14.7. The van der Waals surface area contributed by atoms with Gasteiger partial charge in [0.25, 0.3) is 5.91 Å². The van der Waals surface area contributed by atoms with E-state index in [2.05, 4.69) is 15.8 Å². The Balaban J connectivity index is 1.67. The smallest absolute Gasteiger partial charge is 0.269 e. The maximum absolute atomic E-state index is 12.0. The van der Waals surface area contributed by atoms with Crippen molar-refractivity contribution in [2.75, 3.05) is 12.5 Å². The highest BCUT2D eigenvalue weighted by atomic mass is 32.1. The number of carbonyl (C=O) groups excluding carboxylic acids is 1. The average molecular weight is 299 g/mol. The van der Waals surface area contributed by atoms with E-state index >= 15 is 0 Å². The SMILES string of the molecule is COc1ccc(C(=O)NNc2nc3ccccc3s2)cc1. The second kappa shape index (κ2) is 5.80. The minimum atomic E-state index is -0.225. The third-order valence-electron chi connectivity index (χ3n) is 2.93. The van der Waals surface area contributed by atoms with Crippen LogP contribution in [0, 0.1) is 0 Å². The predicted octanol–water partition coefficient (Wildman–Crippen LogP) is 3.06. The van der Waals surface area contributed by atoms with Crippen LogP contribution in [0.15, 0.2) is 48.5 Å². The summed E-state index contributed by atoms with van der Waals surface area (Å²) in [5.41, 5.74) is 6.92. The molecule has 106 valence electrons. The summed E-state index contributed by atoms with van der Waals surface area (Å²) in [5.74, 6) is 0.489. The minimum absolute atomic E-state index is 0.225. The van der Waals surface area contributed by atoms with E-state index in [0.29, 0.717) is 16.4 Å². The maximum atomic E-state index is 12.0. The number of hydrazine groups is 1. The number of rotatable bonds is 4. The van der Waals surface area contributed by atoms with Crippen LogP contribution in [0.4, 0.5) is 5.13 Å². The number of amides is 1. The molecule has 1 amide bonds. The Morgan fingerprint density at radius 3 is 2.62 bits per heavy atom. The van der Waals surface area contributed by atoms with Crippen molar-refractivity contribution in [3.05, 3.63) is 54.1 Å². The summed E-state index contributed by atoms with van der Waals surface area (Å²) in [7, 11) is 1.59. The van der Waals surface area contributed by atoms with Gasteiger partial charge in [-0.05, 0) is 36.4 Å². The molecule has 2 N–H and O–H groups in total. The average Bonchev–Trinajstić information content (AvgIpc) is 2.95. The largest absolute Gasteiger partial charge is 0.497 e. The van der Waals surface area contributed by atoms with Gasteiger partial charge in [0, 0.05) is 5.56 Å². The number of thiazole rings is 1. The van der Waals surface area contributed by atoms with Gasteiger partial charge in [0.05, 0.1) is 17.3 Å². The zero-order valence-corrected chi connectivity index (χ0v) is 12.1. The van der Waals surface area contributed by atoms with Crippen molar-refractivity contribution in [2.45, 2.75) is 0 Å². The standard InChI is InChI=1S/C15H13N3O2S/c1-20-11-8-6-10(7-9-11)14(19)17-18-15-16-12-4-2-3-5-13(12)21-15/h2-9H,1H3,(H,16,18)(H,17,19). The summed E-state index contributed by atoms with van der Waals surface area (Å²) in [6, 6.07) is 14.7. The van der Waals surface area contributed by atoms with Gasteiger partial charge in [-0.1, -0.05) is 23.5 Å². The number of nitrogens with zero attached hydrogens (tertiary/aromatic N) is 1. The maximum Gasteiger partial charge on any atom is 0.269 e. The molecule has 1 heterocycles. The van der Waals surface area contributed by atoms with E-state index in [1.807, 2.05) is 24.3 Å². The molecule has 0 saturated heterocycles. The highest BCUT2D eigenvalue weighted by Crippen LogP contribution is 2.24. The van der Waals surface area contributed by atoms with E-state index in [-0.39, 0.29) is 5.91 Å². The molecule has 0 spiro atoms. The fourth-order valence-electron chi connectivity index (χ4n) is 1.85. The number of carbonyl (C=O) groups is 1. The van der Waals surface area contributed by atoms with Crippen molar-refractivity contribution in [3.8, 4) is 5.75 Å². The molecule has 5 nitrogen and oxygen atoms in total. The molecule has 0 atom stereocenters. The third-order valence-corrected chi connectivity index (χ3v) is 3.88. The quantitative estimate of drug-likeness (QED) is 0.727. The first-order valence-electron chi connectivity index (χ1n) is 6.32. The van der Waals surface area contributed by atoms with Crippen LogP contribution in [0.5, 0.6) is 5.75 Å². The van der Waals surface area contributed by atoms with Gasteiger partial charge in [0.15, 0.2) is 0 Å². The Morgan fingerprint density at radius 1 is 1.14 bits per heavy atom. The molecule has 0 aliphatic heterocycles. The van der Waals surface area contributed by atoms with Crippen LogP contribution >= 0.6 is 11.3 Å². The summed E-state index contributed by atoms with van der Waals surface area (Å²) in [4.78, 5) is 16.4. The number of para-hydroxylation sites is 1. The zero-order valence-electron chi connectivity index (χ0n) is 11.3. The van der Waals surface area contributed by atoms with Gasteiger partial charge < -0.3 is 4.74 Å². The lowest BCUT2D eigenvalue weighted by atomic mass is 10.2. The number of hydrogen-bond acceptors (Lipinski definition) is 5. The van der Waals surface area contributed by atoms with E-state index in [1.165, 1.54) is 11.3 Å². The molecule has 2 aromatic carbocycles. The fourth-order valence-corrected chi connectivity index (χ4v) is 2.67. The number of benzene rings is 2. The Labute approximate surface area is 125 Å². The van der Waals surface area contributed by atoms with Crippen molar-refractivity contribution < 1.29 is 9.53 Å². The van der Waals surface area contributed by atoms with Crippen molar-refractivity contribution in [2.24, 2.45) is 0 Å². The number of ether oxygens (including phenoxy) is 1. The minimum Gasteiger partial charge on any atom is -0.497 e. The lowest BCUT2D eigenvalue weighted by Crippen LogP contribution is -2.29. The number of anilines is 1. The number of aromatic nitrogens is 1. The number of fused-ring (bicyclic) bond motifs is 1. The second-order valence-corrected chi connectivity index (χ2v) is 5.33. The van der Waals surface area contributed by atoms with Gasteiger partial charge >= 0.3 is 0 Å². The van der Waals surface area contributed by atoms with E-state index in [1.54, 1.807) is 31.4 Å². The lowest BCUT2D eigenvalue weighted by molar-refractivity contribution is 0.0962. The van der Waals surface area contributed by atoms with E-state index in [9.17, 15) is 4.79 Å². The molecule has 6 heteroatoms. The van der Waals surface area contributed by atoms with Gasteiger partial charge in [-0.3, -0.25) is 15.6 Å². The summed E-state index contributed by atoms with van der Waals surface area (Å²) in [6.45, 7) is 0. The van der Waals surface area contributed by atoms with Crippen LogP contribution in [0.2, 0.25) is 0 Å². The first-order chi connectivity index (χ1) is 10.3. The monoisotopic (exact) mass is 299 g/mol. The van der Waals surface area contributed by atoms with Crippen molar-refractivity contribution in [1.29, 1.82) is 0 Å². The van der Waals surface area contributed by atoms with Gasteiger partial charge in [-0.2, -0.15) is 0 Å². The van der Waals surface area contributed by atoms with Gasteiger partial charge in [-0.15, -0.1) is 0 Å². The van der Waals surface area contributed by atoms with Crippen LogP contribution in [0.3, 0.4) is 0 Å². The van der Waals surface area contributed by atoms with Crippen LogP contribution in [-0.4, -0.2) is 18.0 Å². The molecule has 0 aliphatic carbocycles. The lowest BCUT2D eigenvalue weighted by Gasteiger charge is -2.06. The first-order valence-corrected chi connectivity index (χ1v) is 7.14. The molecular weight excluding hydrogens is 286 g/mol. The van der Waals surface area contributed by atoms with Crippen LogP contribution in [-0.2, 0) is 0 Å². The van der Waals surface area contributed by atoms with Crippen LogP contribution in [0.25, 0.3) is 10.2 Å². The molecule has 21 heavy (non-hydrogen) atoms. The second-order valence-electron chi connectivity index (χ2n) is 4.29. The Morgan fingerprint density at radius 2 is 1.90 bits per heavy atom. The van der Waals surface area contributed by atoms with E-state index in [4.69, 9.17) is 4.74 Å². The molecule has 0 bridgehead atoms. The third kappa shape index (κ3) is 2.95. The summed E-state index contributed by atoms with van der Waals surface area (Å²) in [6.07, 6.45) is 0.